The van der Waals surface area contributed by atoms with E-state index in [2.05, 4.69) is 169 Å². The first-order valence-electron chi connectivity index (χ1n) is 17.9. The van der Waals surface area contributed by atoms with Crippen molar-refractivity contribution < 1.29 is 0 Å². The summed E-state index contributed by atoms with van der Waals surface area (Å²) in [4.78, 5) is 9.50. The number of hydrogen-bond acceptors (Lipinski definition) is 2. The summed E-state index contributed by atoms with van der Waals surface area (Å²) in [5.74, 6) is 0.718. The molecule has 0 N–H and O–H groups in total. The van der Waals surface area contributed by atoms with Crippen LogP contribution in [0.1, 0.15) is 25.0 Å². The van der Waals surface area contributed by atoms with Crippen molar-refractivity contribution in [1.82, 2.24) is 14.5 Å². The van der Waals surface area contributed by atoms with Gasteiger partial charge in [0, 0.05) is 39.2 Å². The highest BCUT2D eigenvalue weighted by Crippen LogP contribution is 2.50. The van der Waals surface area contributed by atoms with Crippen molar-refractivity contribution in [1.29, 1.82) is 0 Å². The van der Waals surface area contributed by atoms with Gasteiger partial charge in [-0.3, -0.25) is 0 Å². The Morgan fingerprint density at radius 3 is 1.87 bits per heavy atom. The van der Waals surface area contributed by atoms with E-state index in [-0.39, 0.29) is 5.41 Å². The van der Waals surface area contributed by atoms with Crippen molar-refractivity contribution in [2.45, 2.75) is 19.3 Å². The molecule has 3 heteroatoms. The molecule has 0 unspecified atom stereocenters. The number of hydrogen-bond donors (Lipinski definition) is 0. The van der Waals surface area contributed by atoms with E-state index in [9.17, 15) is 0 Å². The molecule has 0 spiro atoms. The Labute approximate surface area is 303 Å². The van der Waals surface area contributed by atoms with E-state index in [0.29, 0.717) is 0 Å². The minimum Gasteiger partial charge on any atom is -0.309 e. The maximum Gasteiger partial charge on any atom is 0.159 e. The molecule has 0 bridgehead atoms. The van der Waals surface area contributed by atoms with Crippen LogP contribution >= 0.6 is 0 Å². The SMILES string of the molecule is CC1(C)c2ccccc2-c2ccc(-c3ccccc3-c3ccc4c(c3)c3ccccc3n4-c3ccc(-c4nccc(-c5ccccc5)n4)cc3)cc21. The molecule has 0 saturated heterocycles. The summed E-state index contributed by atoms with van der Waals surface area (Å²) in [5, 5.41) is 2.47. The molecule has 246 valence electrons. The molecule has 0 radical (unpaired) electrons. The van der Waals surface area contributed by atoms with Gasteiger partial charge >= 0.3 is 0 Å². The summed E-state index contributed by atoms with van der Waals surface area (Å²) in [6.07, 6.45) is 1.84. The van der Waals surface area contributed by atoms with Crippen LogP contribution in [-0.2, 0) is 5.41 Å². The number of rotatable bonds is 5. The molecule has 3 nitrogen and oxygen atoms in total. The van der Waals surface area contributed by atoms with E-state index in [1.54, 1.807) is 0 Å². The summed E-state index contributed by atoms with van der Waals surface area (Å²) >= 11 is 0. The fourth-order valence-electron chi connectivity index (χ4n) is 8.30. The Morgan fingerprint density at radius 2 is 1.06 bits per heavy atom. The van der Waals surface area contributed by atoms with E-state index in [1.165, 1.54) is 66.3 Å². The fourth-order valence-corrected chi connectivity index (χ4v) is 8.30. The lowest BCUT2D eigenvalue weighted by Gasteiger charge is -2.22. The Bertz CT molecular complexity index is 2810. The quantitative estimate of drug-likeness (QED) is 0.183. The number of fused-ring (bicyclic) bond motifs is 6. The zero-order valence-electron chi connectivity index (χ0n) is 29.1. The number of benzene rings is 7. The topological polar surface area (TPSA) is 30.7 Å². The van der Waals surface area contributed by atoms with Crippen LogP contribution in [-0.4, -0.2) is 14.5 Å². The van der Waals surface area contributed by atoms with E-state index < -0.39 is 0 Å². The third-order valence-electron chi connectivity index (χ3n) is 10.9. The number of aromatic nitrogens is 3. The smallest absolute Gasteiger partial charge is 0.159 e. The molecule has 52 heavy (non-hydrogen) atoms. The normalized spacial score (nSPS) is 13.0. The molecule has 2 aromatic heterocycles. The van der Waals surface area contributed by atoms with Gasteiger partial charge in [-0.25, -0.2) is 9.97 Å². The molecule has 2 heterocycles. The van der Waals surface area contributed by atoms with Crippen LogP contribution in [0.2, 0.25) is 0 Å². The average molecular weight is 666 g/mol. The monoisotopic (exact) mass is 665 g/mol. The van der Waals surface area contributed by atoms with Crippen LogP contribution in [0, 0.1) is 0 Å². The van der Waals surface area contributed by atoms with E-state index >= 15 is 0 Å². The second-order valence-electron chi connectivity index (χ2n) is 14.2. The summed E-state index contributed by atoms with van der Waals surface area (Å²) in [7, 11) is 0. The predicted octanol–water partition coefficient (Wildman–Crippen LogP) is 12.5. The van der Waals surface area contributed by atoms with Crippen molar-refractivity contribution >= 4 is 21.8 Å². The van der Waals surface area contributed by atoms with Crippen molar-refractivity contribution in [3.8, 4) is 61.7 Å². The van der Waals surface area contributed by atoms with Gasteiger partial charge < -0.3 is 4.57 Å². The van der Waals surface area contributed by atoms with Gasteiger partial charge in [0.1, 0.15) is 0 Å². The predicted molar refractivity (Wildman–Crippen MR) is 216 cm³/mol. The maximum atomic E-state index is 4.89. The zero-order chi connectivity index (χ0) is 34.8. The van der Waals surface area contributed by atoms with Crippen LogP contribution in [0.15, 0.2) is 176 Å². The van der Waals surface area contributed by atoms with Crippen LogP contribution in [0.3, 0.4) is 0 Å². The van der Waals surface area contributed by atoms with Gasteiger partial charge in [-0.2, -0.15) is 0 Å². The van der Waals surface area contributed by atoms with Crippen molar-refractivity contribution in [3.05, 3.63) is 187 Å². The molecule has 1 aliphatic rings. The molecule has 0 fully saturated rings. The Kier molecular flexibility index (Phi) is 6.84. The first kappa shape index (κ1) is 30.3. The van der Waals surface area contributed by atoms with Crippen LogP contribution in [0.5, 0.6) is 0 Å². The molecular formula is C49H35N3. The summed E-state index contributed by atoms with van der Waals surface area (Å²) in [6, 6.07) is 61.2. The molecule has 1 aliphatic carbocycles. The molecule has 10 rings (SSSR count). The minimum atomic E-state index is -0.0466. The molecule has 0 aliphatic heterocycles. The average Bonchev–Trinajstić information content (AvgIpc) is 3.66. The molecule has 0 amide bonds. The lowest BCUT2D eigenvalue weighted by Crippen LogP contribution is -2.14. The summed E-state index contributed by atoms with van der Waals surface area (Å²) in [5.41, 5.74) is 16.8. The Morgan fingerprint density at radius 1 is 0.442 bits per heavy atom. The number of nitrogens with zero attached hydrogens (tertiary/aromatic N) is 3. The van der Waals surface area contributed by atoms with Crippen LogP contribution in [0.4, 0.5) is 0 Å². The van der Waals surface area contributed by atoms with Crippen molar-refractivity contribution in [2.24, 2.45) is 0 Å². The number of para-hydroxylation sites is 1. The van der Waals surface area contributed by atoms with Gasteiger partial charge in [-0.05, 0) is 99.1 Å². The second kappa shape index (κ2) is 11.8. The minimum absolute atomic E-state index is 0.0466. The van der Waals surface area contributed by atoms with Crippen LogP contribution in [0.25, 0.3) is 83.5 Å². The molecule has 0 saturated carbocycles. The van der Waals surface area contributed by atoms with Gasteiger partial charge in [0.15, 0.2) is 5.82 Å². The summed E-state index contributed by atoms with van der Waals surface area (Å²) in [6.45, 7) is 4.70. The second-order valence-corrected chi connectivity index (χ2v) is 14.2. The third kappa shape index (κ3) is 4.74. The highest BCUT2D eigenvalue weighted by molar-refractivity contribution is 6.11. The Hall–Kier alpha value is -6.58. The highest BCUT2D eigenvalue weighted by atomic mass is 15.0. The maximum absolute atomic E-state index is 4.89. The van der Waals surface area contributed by atoms with Gasteiger partial charge in [0.2, 0.25) is 0 Å². The summed E-state index contributed by atoms with van der Waals surface area (Å²) < 4.78 is 2.37. The fraction of sp³-hybridized carbons (Fsp3) is 0.0612. The van der Waals surface area contributed by atoms with Crippen LogP contribution < -0.4 is 0 Å². The zero-order valence-corrected chi connectivity index (χ0v) is 29.1. The largest absolute Gasteiger partial charge is 0.309 e. The van der Waals surface area contributed by atoms with Gasteiger partial charge in [-0.1, -0.05) is 129 Å². The van der Waals surface area contributed by atoms with Gasteiger partial charge in [0.05, 0.1) is 16.7 Å². The van der Waals surface area contributed by atoms with E-state index in [0.717, 1.165) is 28.3 Å². The van der Waals surface area contributed by atoms with Gasteiger partial charge in [-0.15, -0.1) is 0 Å². The first-order valence-corrected chi connectivity index (χ1v) is 17.9. The van der Waals surface area contributed by atoms with E-state index in [4.69, 9.17) is 4.98 Å². The standard InChI is InChI=1S/C49H35N3/c1-49(2)43-18-10-8-16-39(43)40-26-22-35(31-44(40)49)38-15-7-6-14-37(38)34-23-27-47-42(30-34)41-17-9-11-19-46(41)52(47)36-24-20-33(21-25-36)48-50-29-28-45(51-48)32-12-4-3-5-13-32/h3-31H,1-2H3. The highest BCUT2D eigenvalue weighted by Gasteiger charge is 2.35. The molecule has 9 aromatic rings. The molecule has 0 atom stereocenters. The van der Waals surface area contributed by atoms with E-state index in [1.807, 2.05) is 30.5 Å². The third-order valence-corrected chi connectivity index (χ3v) is 10.9. The van der Waals surface area contributed by atoms with Crippen molar-refractivity contribution in [3.63, 3.8) is 0 Å². The lowest BCUT2D eigenvalue weighted by molar-refractivity contribution is 0.660. The molecular weight excluding hydrogens is 631 g/mol. The first-order chi connectivity index (χ1) is 25.5. The van der Waals surface area contributed by atoms with Crippen molar-refractivity contribution in [2.75, 3.05) is 0 Å². The lowest BCUT2D eigenvalue weighted by atomic mass is 9.81. The van der Waals surface area contributed by atoms with Gasteiger partial charge in [0.25, 0.3) is 0 Å². The Balaban J connectivity index is 1.05. The molecule has 7 aromatic carbocycles.